The first-order valence-corrected chi connectivity index (χ1v) is 8.01. The zero-order valence-corrected chi connectivity index (χ0v) is 14.2. The molecule has 2 heterocycles. The number of amidine groups is 1. The van der Waals surface area contributed by atoms with Gasteiger partial charge in [-0.25, -0.2) is 13.3 Å². The number of anilines is 1. The van der Waals surface area contributed by atoms with Gasteiger partial charge in [-0.2, -0.15) is 5.10 Å². The zero-order valence-electron chi connectivity index (χ0n) is 11.8. The van der Waals surface area contributed by atoms with Crippen molar-refractivity contribution in [3.63, 3.8) is 0 Å². The van der Waals surface area contributed by atoms with Crippen LogP contribution in [0.15, 0.2) is 16.7 Å². The Hall–Kier alpha value is -1.15. The number of hydrogen-bond acceptors (Lipinski definition) is 3. The summed E-state index contributed by atoms with van der Waals surface area (Å²) < 4.78 is 28.5. The second kappa shape index (κ2) is 6.31. The van der Waals surface area contributed by atoms with Crippen molar-refractivity contribution in [3.05, 3.63) is 28.2 Å². The van der Waals surface area contributed by atoms with Crippen molar-refractivity contribution in [2.24, 2.45) is 0 Å². The number of aryl methyl sites for hydroxylation is 1. The Labute approximate surface area is 134 Å². The lowest BCUT2D eigenvalue weighted by Crippen LogP contribution is -2.24. The van der Waals surface area contributed by atoms with E-state index in [0.29, 0.717) is 22.1 Å². The highest BCUT2D eigenvalue weighted by Gasteiger charge is 2.21. The molecule has 0 saturated heterocycles. The maximum absolute atomic E-state index is 13.6. The monoisotopic (exact) mass is 376 g/mol. The van der Waals surface area contributed by atoms with Crippen molar-refractivity contribution in [2.45, 2.75) is 25.8 Å². The van der Waals surface area contributed by atoms with Gasteiger partial charge in [0.2, 0.25) is 0 Å². The van der Waals surface area contributed by atoms with E-state index < -0.39 is 11.3 Å². The number of fused-ring (bicyclic) bond motifs is 1. The predicted octanol–water partition coefficient (Wildman–Crippen LogP) is 4.22. The van der Waals surface area contributed by atoms with E-state index in [1.807, 2.05) is 6.92 Å². The van der Waals surface area contributed by atoms with Gasteiger partial charge in [-0.05, 0) is 35.3 Å². The van der Waals surface area contributed by atoms with E-state index in [2.05, 4.69) is 21.0 Å². The van der Waals surface area contributed by atoms with Gasteiger partial charge >= 0.3 is 0 Å². The van der Waals surface area contributed by atoms with Crippen molar-refractivity contribution in [3.8, 4) is 0 Å². The fraction of sp³-hybridized carbons (Fsp3) is 0.385. The molecule has 1 atom stereocenters. The third-order valence-electron chi connectivity index (χ3n) is 2.97. The number of alkyl halides is 1. The smallest absolute Gasteiger partial charge is 0.163 e. The zero-order chi connectivity index (χ0) is 15.7. The molecule has 0 amide bonds. The lowest BCUT2D eigenvalue weighted by Gasteiger charge is -2.20. The first-order valence-electron chi connectivity index (χ1n) is 6.34. The minimum absolute atomic E-state index is 0.0787. The molecular formula is C13H15BrF2N4S. The van der Waals surface area contributed by atoms with Crippen LogP contribution < -0.4 is 4.90 Å². The molecule has 1 N–H and O–H groups in total. The van der Waals surface area contributed by atoms with Crippen molar-refractivity contribution in [2.75, 3.05) is 11.9 Å². The highest BCUT2D eigenvalue weighted by atomic mass is 79.9. The van der Waals surface area contributed by atoms with Gasteiger partial charge in [0.15, 0.2) is 11.0 Å². The van der Waals surface area contributed by atoms with Gasteiger partial charge in [0, 0.05) is 7.05 Å². The molecule has 0 bridgehead atoms. The van der Waals surface area contributed by atoms with Crippen LogP contribution >= 0.6 is 27.7 Å². The highest BCUT2D eigenvalue weighted by molar-refractivity contribution is 9.10. The standard InChI is InChI=1S/C13H15BrF2N4S/c1-4-10-12(19(3)13(17)21-7(2)15)11-5-8(14)9(16)6-20(11)18-10/h5-7,17H,4H2,1-3H3. The number of hydrogen-bond donors (Lipinski definition) is 1. The summed E-state index contributed by atoms with van der Waals surface area (Å²) in [6.45, 7) is 3.31. The second-order valence-electron chi connectivity index (χ2n) is 4.47. The Kier molecular flexibility index (Phi) is 4.88. The van der Waals surface area contributed by atoms with Crippen molar-refractivity contribution < 1.29 is 8.78 Å². The number of nitrogens with one attached hydrogen (secondary N) is 1. The van der Waals surface area contributed by atoms with Crippen LogP contribution in [0, 0.1) is 11.2 Å². The summed E-state index contributed by atoms with van der Waals surface area (Å²) in [6.07, 6.45) is 1.91. The number of rotatable bonds is 3. The summed E-state index contributed by atoms with van der Waals surface area (Å²) in [5.41, 5.74) is 0.916. The summed E-state index contributed by atoms with van der Waals surface area (Å²) in [5, 5.41) is 12.4. The SMILES string of the molecule is CCc1nn2cc(F)c(Br)cc2c1N(C)C(=N)SC(C)F. The molecule has 2 aromatic heterocycles. The molecule has 0 spiro atoms. The minimum Gasteiger partial charge on any atom is -0.321 e. The van der Waals surface area contributed by atoms with Crippen LogP contribution in [0.1, 0.15) is 19.5 Å². The number of nitrogens with zero attached hydrogens (tertiary/aromatic N) is 3. The summed E-state index contributed by atoms with van der Waals surface area (Å²) in [4.78, 5) is 1.58. The quantitative estimate of drug-likeness (QED) is 0.644. The molecule has 0 aliphatic rings. The largest absolute Gasteiger partial charge is 0.321 e. The van der Waals surface area contributed by atoms with Crippen molar-refractivity contribution in [1.29, 1.82) is 5.41 Å². The predicted molar refractivity (Wildman–Crippen MR) is 86.5 cm³/mol. The molecule has 2 aromatic rings. The van der Waals surface area contributed by atoms with Gasteiger partial charge in [-0.15, -0.1) is 0 Å². The van der Waals surface area contributed by atoms with Gasteiger partial charge in [0.25, 0.3) is 0 Å². The summed E-state index contributed by atoms with van der Waals surface area (Å²) in [6, 6.07) is 1.62. The molecule has 1 unspecified atom stereocenters. The maximum atomic E-state index is 13.6. The van der Waals surface area contributed by atoms with E-state index in [0.717, 1.165) is 17.5 Å². The van der Waals surface area contributed by atoms with Gasteiger partial charge in [-0.1, -0.05) is 18.7 Å². The summed E-state index contributed by atoms with van der Waals surface area (Å²) in [7, 11) is 1.69. The average molecular weight is 377 g/mol. The summed E-state index contributed by atoms with van der Waals surface area (Å²) >= 11 is 3.97. The Morgan fingerprint density at radius 2 is 2.29 bits per heavy atom. The van der Waals surface area contributed by atoms with E-state index in [-0.39, 0.29) is 5.17 Å². The van der Waals surface area contributed by atoms with Crippen LogP contribution in [0.3, 0.4) is 0 Å². The van der Waals surface area contributed by atoms with Crippen LogP contribution in [-0.2, 0) is 6.42 Å². The van der Waals surface area contributed by atoms with E-state index in [9.17, 15) is 8.78 Å². The van der Waals surface area contributed by atoms with Gasteiger partial charge in [0.05, 0.1) is 27.6 Å². The maximum Gasteiger partial charge on any atom is 0.163 e. The fourth-order valence-corrected chi connectivity index (χ4v) is 2.89. The lowest BCUT2D eigenvalue weighted by molar-refractivity contribution is 0.485. The molecule has 0 fully saturated rings. The van der Waals surface area contributed by atoms with Crippen LogP contribution in [0.5, 0.6) is 0 Å². The molecule has 0 aliphatic carbocycles. The molecule has 114 valence electrons. The first kappa shape index (κ1) is 16.2. The molecule has 0 aromatic carbocycles. The summed E-state index contributed by atoms with van der Waals surface area (Å²) in [5.74, 6) is -0.413. The molecule has 2 rings (SSSR count). The van der Waals surface area contributed by atoms with Gasteiger partial charge < -0.3 is 4.90 Å². The lowest BCUT2D eigenvalue weighted by atomic mass is 10.2. The molecule has 21 heavy (non-hydrogen) atoms. The van der Waals surface area contributed by atoms with Gasteiger partial charge in [-0.3, -0.25) is 5.41 Å². The second-order valence-corrected chi connectivity index (χ2v) is 6.60. The minimum atomic E-state index is -1.17. The topological polar surface area (TPSA) is 44.4 Å². The molecule has 0 aliphatic heterocycles. The van der Waals surface area contributed by atoms with E-state index in [1.165, 1.54) is 17.6 Å². The van der Waals surface area contributed by atoms with Crippen LogP contribution in [-0.4, -0.2) is 27.3 Å². The normalized spacial score (nSPS) is 12.7. The fourth-order valence-electron chi connectivity index (χ4n) is 2.02. The molecule has 4 nitrogen and oxygen atoms in total. The van der Waals surface area contributed by atoms with E-state index in [1.54, 1.807) is 18.0 Å². The highest BCUT2D eigenvalue weighted by Crippen LogP contribution is 2.31. The van der Waals surface area contributed by atoms with Crippen LogP contribution in [0.2, 0.25) is 0 Å². The molecule has 0 saturated carbocycles. The third kappa shape index (κ3) is 3.21. The first-order chi connectivity index (χ1) is 9.85. The van der Waals surface area contributed by atoms with E-state index in [4.69, 9.17) is 5.41 Å². The van der Waals surface area contributed by atoms with Crippen molar-refractivity contribution in [1.82, 2.24) is 9.61 Å². The number of thioether (sulfide) groups is 1. The Bertz CT molecular complexity index is 686. The Balaban J connectivity index is 2.55. The molecular weight excluding hydrogens is 362 g/mol. The van der Waals surface area contributed by atoms with Gasteiger partial charge in [0.1, 0.15) is 5.50 Å². The third-order valence-corrected chi connectivity index (χ3v) is 4.40. The Morgan fingerprint density at radius 1 is 1.62 bits per heavy atom. The Morgan fingerprint density at radius 3 is 2.86 bits per heavy atom. The van der Waals surface area contributed by atoms with Crippen LogP contribution in [0.4, 0.5) is 14.5 Å². The van der Waals surface area contributed by atoms with E-state index >= 15 is 0 Å². The van der Waals surface area contributed by atoms with Crippen LogP contribution in [0.25, 0.3) is 5.52 Å². The molecule has 0 radical (unpaired) electrons. The number of pyridine rings is 1. The molecule has 8 heteroatoms. The average Bonchev–Trinajstić information content (AvgIpc) is 2.75. The number of aromatic nitrogens is 2. The number of halogens is 3. The van der Waals surface area contributed by atoms with Crippen molar-refractivity contribution >= 4 is 44.1 Å².